The number of hydrogen-bond donors (Lipinski definition) is 2. The van der Waals surface area contributed by atoms with Gasteiger partial charge in [0.25, 0.3) is 11.8 Å². The van der Waals surface area contributed by atoms with Crippen LogP contribution in [-0.2, 0) is 22.6 Å². The lowest BCUT2D eigenvalue weighted by atomic mass is 9.93. The summed E-state index contributed by atoms with van der Waals surface area (Å²) in [5, 5.41) is 3.59. The molecule has 1 saturated carbocycles. The summed E-state index contributed by atoms with van der Waals surface area (Å²) in [5.74, 6) is -0.789. The highest BCUT2D eigenvalue weighted by Crippen LogP contribution is 2.28. The summed E-state index contributed by atoms with van der Waals surface area (Å²) in [5.41, 5.74) is 4.91. The lowest BCUT2D eigenvalue weighted by molar-refractivity contribution is -0.139. The Morgan fingerprint density at radius 1 is 1.09 bits per heavy atom. The number of benzene rings is 2. The van der Waals surface area contributed by atoms with Crippen LogP contribution in [0.5, 0.6) is 0 Å². The Hall–Kier alpha value is -3.19. The van der Waals surface area contributed by atoms with E-state index in [-0.39, 0.29) is 12.5 Å². The fourth-order valence-electron chi connectivity index (χ4n) is 4.02. The average molecular weight is 435 g/mol. The fourth-order valence-corrected chi connectivity index (χ4v) is 4.02. The van der Waals surface area contributed by atoms with Crippen molar-refractivity contribution in [3.63, 3.8) is 0 Å². The molecule has 2 N–H and O–H groups in total. The highest BCUT2D eigenvalue weighted by molar-refractivity contribution is 6.07. The first kappa shape index (κ1) is 22.0. The van der Waals surface area contributed by atoms with Crippen LogP contribution in [0.15, 0.2) is 54.6 Å². The zero-order chi connectivity index (χ0) is 22.7. The third kappa shape index (κ3) is 5.16. The van der Waals surface area contributed by atoms with Crippen molar-refractivity contribution in [2.24, 2.45) is 0 Å². The van der Waals surface area contributed by atoms with Crippen LogP contribution < -0.4 is 10.7 Å². The number of hydrogen-bond acceptors (Lipinski definition) is 4. The Balaban J connectivity index is 1.35. The van der Waals surface area contributed by atoms with Gasteiger partial charge in [0, 0.05) is 12.6 Å². The van der Waals surface area contributed by atoms with Crippen molar-refractivity contribution in [1.29, 1.82) is 0 Å². The maximum atomic E-state index is 13.0. The van der Waals surface area contributed by atoms with E-state index < -0.39 is 17.5 Å². The Morgan fingerprint density at radius 2 is 1.78 bits per heavy atom. The molecule has 1 saturated heterocycles. The van der Waals surface area contributed by atoms with Crippen molar-refractivity contribution in [2.45, 2.75) is 57.7 Å². The van der Waals surface area contributed by atoms with Gasteiger partial charge in [-0.05, 0) is 50.7 Å². The quantitative estimate of drug-likeness (QED) is 0.595. The standard InChI is InChI=1S/C25H30N4O3/c1-18-8-10-20(11-9-18)16-28(21-12-13-21)17-22(30)27-29-23(31)25(2,26-24(29)32)15-14-19-6-4-3-5-7-19/h3-11,21H,12-17H2,1-2H3,(H,26,32)(H,27,30). The largest absolute Gasteiger partial charge is 0.344 e. The van der Waals surface area contributed by atoms with E-state index in [1.54, 1.807) is 6.92 Å². The molecule has 32 heavy (non-hydrogen) atoms. The Kier molecular flexibility index (Phi) is 6.28. The molecule has 1 aliphatic heterocycles. The van der Waals surface area contributed by atoms with E-state index in [4.69, 9.17) is 0 Å². The summed E-state index contributed by atoms with van der Waals surface area (Å²) in [6, 6.07) is 17.8. The molecule has 4 amide bonds. The second kappa shape index (κ2) is 9.12. The van der Waals surface area contributed by atoms with Gasteiger partial charge in [-0.15, -0.1) is 0 Å². The number of nitrogens with one attached hydrogen (secondary N) is 2. The number of hydrazine groups is 1. The van der Waals surface area contributed by atoms with Gasteiger partial charge in [0.05, 0.1) is 6.54 Å². The zero-order valence-electron chi connectivity index (χ0n) is 18.6. The van der Waals surface area contributed by atoms with Crippen molar-refractivity contribution in [2.75, 3.05) is 6.54 Å². The van der Waals surface area contributed by atoms with Crippen LogP contribution in [0.4, 0.5) is 4.79 Å². The normalized spacial score (nSPS) is 20.5. The lowest BCUT2D eigenvalue weighted by Gasteiger charge is -2.24. The number of carbonyl (C=O) groups is 3. The molecule has 2 aromatic rings. The molecule has 2 aromatic carbocycles. The maximum absolute atomic E-state index is 13.0. The predicted molar refractivity (Wildman–Crippen MR) is 121 cm³/mol. The van der Waals surface area contributed by atoms with Gasteiger partial charge in [-0.25, -0.2) is 4.79 Å². The van der Waals surface area contributed by atoms with E-state index >= 15 is 0 Å². The molecule has 1 atom stereocenters. The summed E-state index contributed by atoms with van der Waals surface area (Å²) >= 11 is 0. The van der Waals surface area contributed by atoms with Gasteiger partial charge >= 0.3 is 6.03 Å². The first-order valence-electron chi connectivity index (χ1n) is 11.1. The van der Waals surface area contributed by atoms with Gasteiger partial charge in [-0.2, -0.15) is 5.01 Å². The van der Waals surface area contributed by atoms with Crippen LogP contribution in [0.3, 0.4) is 0 Å². The van der Waals surface area contributed by atoms with Crippen molar-refractivity contribution >= 4 is 17.8 Å². The van der Waals surface area contributed by atoms with Crippen LogP contribution in [-0.4, -0.2) is 45.9 Å². The second-order valence-corrected chi connectivity index (χ2v) is 9.05. The zero-order valence-corrected chi connectivity index (χ0v) is 18.6. The molecule has 4 rings (SSSR count). The van der Waals surface area contributed by atoms with Gasteiger partial charge in [-0.3, -0.25) is 19.9 Å². The van der Waals surface area contributed by atoms with Gasteiger partial charge in [0.15, 0.2) is 0 Å². The van der Waals surface area contributed by atoms with Crippen LogP contribution in [0.1, 0.15) is 42.9 Å². The molecule has 7 nitrogen and oxygen atoms in total. The molecule has 7 heteroatoms. The molecule has 1 unspecified atom stereocenters. The molecule has 168 valence electrons. The van der Waals surface area contributed by atoms with E-state index in [1.807, 2.05) is 37.3 Å². The van der Waals surface area contributed by atoms with E-state index in [0.717, 1.165) is 29.0 Å². The van der Waals surface area contributed by atoms with Crippen LogP contribution in [0, 0.1) is 6.92 Å². The summed E-state index contributed by atoms with van der Waals surface area (Å²) in [6.07, 6.45) is 3.21. The highest BCUT2D eigenvalue weighted by atomic mass is 16.2. The third-order valence-electron chi connectivity index (χ3n) is 6.17. The number of aryl methyl sites for hydroxylation is 2. The maximum Gasteiger partial charge on any atom is 0.344 e. The number of nitrogens with zero attached hydrogens (tertiary/aromatic N) is 2. The number of urea groups is 1. The SMILES string of the molecule is Cc1ccc(CN(CC(=O)NN2C(=O)NC(C)(CCc3ccccc3)C2=O)C2CC2)cc1. The van der Waals surface area contributed by atoms with Crippen LogP contribution in [0.25, 0.3) is 0 Å². The predicted octanol–water partition coefficient (Wildman–Crippen LogP) is 2.93. The van der Waals surface area contributed by atoms with Gasteiger partial charge in [0.2, 0.25) is 0 Å². The first-order valence-corrected chi connectivity index (χ1v) is 11.1. The van der Waals surface area contributed by atoms with E-state index in [0.29, 0.717) is 25.4 Å². The minimum Gasteiger partial charge on any atom is -0.322 e. The Bertz CT molecular complexity index is 988. The van der Waals surface area contributed by atoms with Crippen molar-refractivity contribution in [3.8, 4) is 0 Å². The molecular weight excluding hydrogens is 404 g/mol. The molecule has 2 fully saturated rings. The summed E-state index contributed by atoms with van der Waals surface area (Å²) < 4.78 is 0. The molecule has 1 aliphatic carbocycles. The number of amides is 4. The van der Waals surface area contributed by atoms with Crippen LogP contribution >= 0.6 is 0 Å². The molecule has 1 heterocycles. The third-order valence-corrected chi connectivity index (χ3v) is 6.17. The number of imide groups is 1. The first-order chi connectivity index (χ1) is 15.3. The Morgan fingerprint density at radius 3 is 2.44 bits per heavy atom. The summed E-state index contributed by atoms with van der Waals surface area (Å²) in [6.45, 7) is 4.54. The Labute approximate surface area is 188 Å². The minimum atomic E-state index is -1.04. The summed E-state index contributed by atoms with van der Waals surface area (Å²) in [7, 11) is 0. The van der Waals surface area contributed by atoms with Gasteiger partial charge in [-0.1, -0.05) is 60.2 Å². The van der Waals surface area contributed by atoms with Crippen molar-refractivity contribution in [3.05, 3.63) is 71.3 Å². The van der Waals surface area contributed by atoms with Gasteiger partial charge < -0.3 is 5.32 Å². The molecule has 0 bridgehead atoms. The lowest BCUT2D eigenvalue weighted by Crippen LogP contribution is -2.51. The molecule has 2 aliphatic rings. The molecule has 0 radical (unpaired) electrons. The number of rotatable bonds is 9. The molecule has 0 aromatic heterocycles. The fraction of sp³-hybridized carbons (Fsp3) is 0.400. The second-order valence-electron chi connectivity index (χ2n) is 9.05. The molecular formula is C25H30N4O3. The summed E-state index contributed by atoms with van der Waals surface area (Å²) in [4.78, 5) is 40.3. The van der Waals surface area contributed by atoms with Gasteiger partial charge in [0.1, 0.15) is 5.54 Å². The monoisotopic (exact) mass is 434 g/mol. The van der Waals surface area contributed by atoms with Crippen molar-refractivity contribution < 1.29 is 14.4 Å². The van der Waals surface area contributed by atoms with Crippen LogP contribution in [0.2, 0.25) is 0 Å². The smallest absolute Gasteiger partial charge is 0.322 e. The van der Waals surface area contributed by atoms with E-state index in [2.05, 4.69) is 39.9 Å². The van der Waals surface area contributed by atoms with E-state index in [1.165, 1.54) is 5.56 Å². The van der Waals surface area contributed by atoms with Crippen molar-refractivity contribution in [1.82, 2.24) is 20.7 Å². The number of carbonyl (C=O) groups excluding carboxylic acids is 3. The van der Waals surface area contributed by atoms with E-state index in [9.17, 15) is 14.4 Å². The minimum absolute atomic E-state index is 0.135. The molecule has 0 spiro atoms. The average Bonchev–Trinajstić information content (AvgIpc) is 3.60. The topological polar surface area (TPSA) is 81.8 Å². The highest BCUT2D eigenvalue weighted by Gasteiger charge is 2.48.